The average Bonchev–Trinajstić information content (AvgIpc) is 3.11. The first-order chi connectivity index (χ1) is 14.8. The van der Waals surface area contributed by atoms with Gasteiger partial charge in [0.25, 0.3) is 5.91 Å². The van der Waals surface area contributed by atoms with Crippen LogP contribution in [0, 0.1) is 0 Å². The lowest BCUT2D eigenvalue weighted by molar-refractivity contribution is -0.143. The molecule has 2 aromatic heterocycles. The predicted molar refractivity (Wildman–Crippen MR) is 104 cm³/mol. The zero-order valence-corrected chi connectivity index (χ0v) is 18.1. The lowest BCUT2D eigenvalue weighted by Gasteiger charge is -2.18. The Balaban J connectivity index is 1.98. The molecule has 0 aliphatic rings. The maximum Gasteiger partial charge on any atom is 0.416 e. The molecule has 0 fully saturated rings. The van der Waals surface area contributed by atoms with Crippen molar-refractivity contribution in [2.45, 2.75) is 25.3 Å². The van der Waals surface area contributed by atoms with E-state index in [1.165, 1.54) is 25.4 Å². The molecule has 14 heteroatoms. The van der Waals surface area contributed by atoms with Gasteiger partial charge in [0.2, 0.25) is 0 Å². The zero-order chi connectivity index (χ0) is 23.8. The third-order valence-electron chi connectivity index (χ3n) is 4.17. The van der Waals surface area contributed by atoms with Gasteiger partial charge in [0, 0.05) is 11.8 Å². The van der Waals surface area contributed by atoms with Crippen LogP contribution in [-0.2, 0) is 12.4 Å². The van der Waals surface area contributed by atoms with Crippen LogP contribution in [0.5, 0.6) is 0 Å². The number of rotatable bonds is 4. The van der Waals surface area contributed by atoms with Gasteiger partial charge in [-0.1, -0.05) is 11.6 Å². The summed E-state index contributed by atoms with van der Waals surface area (Å²) >= 11 is 9.31. The zero-order valence-electron chi connectivity index (χ0n) is 15.8. The van der Waals surface area contributed by atoms with Crippen LogP contribution in [0.2, 0.25) is 5.02 Å². The first-order valence-corrected chi connectivity index (χ1v) is 9.77. The standard InChI is InChI=1S/C18H11BrClF6N5O/c1-8(14-15(12(20)2-3-27-14)31-28-7-13(19)30-31)29-16(32)9-4-10(17(21,22)23)6-11(5-9)18(24,25)26/h2-8H,1H3,(H,29,32). The molecule has 3 aromatic rings. The maximum absolute atomic E-state index is 13.1. The minimum absolute atomic E-state index is 0.0575. The maximum atomic E-state index is 13.1. The number of amides is 1. The highest BCUT2D eigenvalue weighted by atomic mass is 79.9. The van der Waals surface area contributed by atoms with Crippen LogP contribution < -0.4 is 5.32 Å². The van der Waals surface area contributed by atoms with Gasteiger partial charge in [-0.2, -0.15) is 31.4 Å². The smallest absolute Gasteiger partial charge is 0.344 e. The van der Waals surface area contributed by atoms with E-state index in [2.05, 4.69) is 36.4 Å². The Morgan fingerprint density at radius 3 is 2.22 bits per heavy atom. The van der Waals surface area contributed by atoms with E-state index in [0.29, 0.717) is 16.7 Å². The van der Waals surface area contributed by atoms with E-state index in [4.69, 9.17) is 11.6 Å². The fraction of sp³-hybridized carbons (Fsp3) is 0.222. The summed E-state index contributed by atoms with van der Waals surface area (Å²) in [4.78, 5) is 17.8. The number of hydrogen-bond donors (Lipinski definition) is 1. The van der Waals surface area contributed by atoms with Crippen LogP contribution in [0.1, 0.15) is 40.1 Å². The number of hydrogen-bond acceptors (Lipinski definition) is 4. The molecule has 6 nitrogen and oxygen atoms in total. The number of pyridine rings is 1. The van der Waals surface area contributed by atoms with Crippen molar-refractivity contribution in [2.24, 2.45) is 0 Å². The first-order valence-electron chi connectivity index (χ1n) is 8.60. The SMILES string of the molecule is CC(NC(=O)c1cc(C(F)(F)F)cc(C(F)(F)F)c1)c1nccc(Cl)c1-n1ncc(Br)n1. The van der Waals surface area contributed by atoms with Gasteiger partial charge in [-0.05, 0) is 47.1 Å². The summed E-state index contributed by atoms with van der Waals surface area (Å²) in [5, 5.41) is 10.5. The molecule has 3 rings (SSSR count). The van der Waals surface area contributed by atoms with Crippen LogP contribution in [0.3, 0.4) is 0 Å². The van der Waals surface area contributed by atoms with Gasteiger partial charge in [-0.3, -0.25) is 9.78 Å². The van der Waals surface area contributed by atoms with Gasteiger partial charge in [-0.15, -0.1) is 9.90 Å². The van der Waals surface area contributed by atoms with Crippen molar-refractivity contribution in [3.05, 3.63) is 68.7 Å². The molecule has 32 heavy (non-hydrogen) atoms. The van der Waals surface area contributed by atoms with Crippen molar-refractivity contribution < 1.29 is 31.1 Å². The van der Waals surface area contributed by atoms with E-state index in [9.17, 15) is 31.1 Å². The minimum Gasteiger partial charge on any atom is -0.344 e. The molecule has 0 saturated heterocycles. The van der Waals surface area contributed by atoms with Crippen LogP contribution >= 0.6 is 27.5 Å². The minimum atomic E-state index is -5.08. The van der Waals surface area contributed by atoms with E-state index in [0.717, 1.165) is 4.80 Å². The number of nitrogens with zero attached hydrogens (tertiary/aromatic N) is 4. The van der Waals surface area contributed by atoms with Gasteiger partial charge in [-0.25, -0.2) is 0 Å². The molecule has 170 valence electrons. The average molecular weight is 543 g/mol. The number of nitrogens with one attached hydrogen (secondary N) is 1. The summed E-state index contributed by atoms with van der Waals surface area (Å²) in [6.45, 7) is 1.43. The summed E-state index contributed by atoms with van der Waals surface area (Å²) in [7, 11) is 0. The number of carbonyl (C=O) groups excluding carboxylic acids is 1. The number of benzene rings is 1. The van der Waals surface area contributed by atoms with E-state index < -0.39 is 41.0 Å². The van der Waals surface area contributed by atoms with Gasteiger partial charge in [0.1, 0.15) is 10.3 Å². The topological polar surface area (TPSA) is 72.7 Å². The third kappa shape index (κ3) is 5.21. The van der Waals surface area contributed by atoms with Crippen LogP contribution in [0.4, 0.5) is 26.3 Å². The first kappa shape index (κ1) is 24.0. The lowest BCUT2D eigenvalue weighted by Crippen LogP contribution is -2.29. The molecule has 1 atom stereocenters. The summed E-state index contributed by atoms with van der Waals surface area (Å²) in [5.41, 5.74) is -3.71. The second kappa shape index (κ2) is 8.70. The highest BCUT2D eigenvalue weighted by molar-refractivity contribution is 9.10. The summed E-state index contributed by atoms with van der Waals surface area (Å²) < 4.78 is 78.8. The fourth-order valence-corrected chi connectivity index (χ4v) is 3.22. The Hall–Kier alpha value is -2.67. The Labute approximate surface area is 189 Å². The quantitative estimate of drug-likeness (QED) is 0.435. The van der Waals surface area contributed by atoms with Crippen molar-refractivity contribution in [3.63, 3.8) is 0 Å². The van der Waals surface area contributed by atoms with Crippen LogP contribution in [0.15, 0.2) is 41.3 Å². The third-order valence-corrected chi connectivity index (χ3v) is 4.84. The van der Waals surface area contributed by atoms with E-state index in [1.54, 1.807) is 0 Å². The Bertz CT molecular complexity index is 1130. The highest BCUT2D eigenvalue weighted by Crippen LogP contribution is 2.36. The fourth-order valence-electron chi connectivity index (χ4n) is 2.75. The van der Waals surface area contributed by atoms with Gasteiger partial charge < -0.3 is 5.32 Å². The number of halogens is 8. The Morgan fingerprint density at radius 2 is 1.72 bits per heavy atom. The van der Waals surface area contributed by atoms with Crippen molar-refractivity contribution in [1.29, 1.82) is 0 Å². The normalized spacial score (nSPS) is 13.2. The monoisotopic (exact) mass is 541 g/mol. The molecule has 1 unspecified atom stereocenters. The molecule has 0 aliphatic carbocycles. The molecule has 1 N–H and O–H groups in total. The number of aromatic nitrogens is 4. The molecule has 0 saturated carbocycles. The van der Waals surface area contributed by atoms with E-state index in [-0.39, 0.29) is 22.5 Å². The van der Waals surface area contributed by atoms with Crippen molar-refractivity contribution in [2.75, 3.05) is 0 Å². The molecule has 1 amide bonds. The van der Waals surface area contributed by atoms with Crippen molar-refractivity contribution in [3.8, 4) is 5.69 Å². The molecule has 0 bridgehead atoms. The molecular formula is C18H11BrClF6N5O. The van der Waals surface area contributed by atoms with E-state index in [1.807, 2.05) is 0 Å². The second-order valence-corrected chi connectivity index (χ2v) is 7.69. The van der Waals surface area contributed by atoms with Crippen LogP contribution in [-0.4, -0.2) is 25.9 Å². The summed E-state index contributed by atoms with van der Waals surface area (Å²) in [6.07, 6.45) is -7.49. The molecular weight excluding hydrogens is 532 g/mol. The predicted octanol–water partition coefficient (Wildman–Crippen LogP) is 5.61. The van der Waals surface area contributed by atoms with E-state index >= 15 is 0 Å². The van der Waals surface area contributed by atoms with Gasteiger partial charge in [0.15, 0.2) is 0 Å². The van der Waals surface area contributed by atoms with Gasteiger partial charge >= 0.3 is 12.4 Å². The highest BCUT2D eigenvalue weighted by Gasteiger charge is 2.37. The Kier molecular flexibility index (Phi) is 6.52. The molecule has 1 aromatic carbocycles. The van der Waals surface area contributed by atoms with Crippen LogP contribution in [0.25, 0.3) is 5.69 Å². The molecule has 0 spiro atoms. The summed E-state index contributed by atoms with van der Waals surface area (Å²) in [5.74, 6) is -1.17. The largest absolute Gasteiger partial charge is 0.416 e. The molecule has 0 radical (unpaired) electrons. The number of alkyl halides is 6. The number of carbonyl (C=O) groups is 1. The lowest BCUT2D eigenvalue weighted by atomic mass is 10.0. The van der Waals surface area contributed by atoms with Gasteiger partial charge in [0.05, 0.1) is 34.1 Å². The molecule has 2 heterocycles. The Morgan fingerprint density at radius 1 is 1.12 bits per heavy atom. The van der Waals surface area contributed by atoms with Crippen molar-refractivity contribution in [1.82, 2.24) is 25.3 Å². The van der Waals surface area contributed by atoms with Crippen molar-refractivity contribution >= 4 is 33.4 Å². The molecule has 0 aliphatic heterocycles. The summed E-state index contributed by atoms with van der Waals surface area (Å²) in [6, 6.07) is 1.07. The second-order valence-electron chi connectivity index (χ2n) is 6.47.